The second-order valence-electron chi connectivity index (χ2n) is 5.92. The first-order valence-electron chi connectivity index (χ1n) is 7.70. The SMILES string of the molecule is Brc1oc2ccccc2c1-c1cccc2c1-c1ccccc1C2. The predicted octanol–water partition coefficient (Wildman–Crippen LogP) is 6.43. The number of hydrogen-bond acceptors (Lipinski definition) is 1. The third-order valence-electron chi connectivity index (χ3n) is 4.64. The van der Waals surface area contributed by atoms with E-state index in [0.717, 1.165) is 27.6 Å². The van der Waals surface area contributed by atoms with Crippen LogP contribution < -0.4 is 0 Å². The summed E-state index contributed by atoms with van der Waals surface area (Å²) in [7, 11) is 0. The highest BCUT2D eigenvalue weighted by Crippen LogP contribution is 2.47. The Morgan fingerprint density at radius 2 is 1.43 bits per heavy atom. The molecule has 1 heterocycles. The molecular weight excluding hydrogens is 348 g/mol. The van der Waals surface area contributed by atoms with Crippen LogP contribution in [0, 0.1) is 0 Å². The van der Waals surface area contributed by atoms with Crippen LogP contribution in [0.15, 0.2) is 75.8 Å². The van der Waals surface area contributed by atoms with E-state index in [1.54, 1.807) is 0 Å². The molecular formula is C21H13BrO. The summed E-state index contributed by atoms with van der Waals surface area (Å²) in [4.78, 5) is 0. The first-order chi connectivity index (χ1) is 11.3. The van der Waals surface area contributed by atoms with Gasteiger partial charge in [-0.3, -0.25) is 0 Å². The summed E-state index contributed by atoms with van der Waals surface area (Å²) in [6, 6.07) is 23.5. The van der Waals surface area contributed by atoms with E-state index < -0.39 is 0 Å². The Labute approximate surface area is 142 Å². The molecule has 1 aromatic heterocycles. The molecule has 0 saturated carbocycles. The maximum Gasteiger partial charge on any atom is 0.178 e. The van der Waals surface area contributed by atoms with Crippen LogP contribution in [0.3, 0.4) is 0 Å². The Bertz CT molecular complexity index is 1060. The van der Waals surface area contributed by atoms with E-state index in [2.05, 4.69) is 70.5 Å². The second-order valence-corrected chi connectivity index (χ2v) is 6.64. The van der Waals surface area contributed by atoms with Gasteiger partial charge >= 0.3 is 0 Å². The van der Waals surface area contributed by atoms with Gasteiger partial charge in [-0.2, -0.15) is 0 Å². The summed E-state index contributed by atoms with van der Waals surface area (Å²) in [5.41, 5.74) is 8.78. The number of rotatable bonds is 1. The largest absolute Gasteiger partial charge is 0.449 e. The van der Waals surface area contributed by atoms with Crippen molar-refractivity contribution in [3.05, 3.63) is 82.5 Å². The molecule has 5 rings (SSSR count). The molecule has 110 valence electrons. The van der Waals surface area contributed by atoms with Crippen LogP contribution >= 0.6 is 15.9 Å². The van der Waals surface area contributed by atoms with Gasteiger partial charge in [0.25, 0.3) is 0 Å². The molecule has 1 nitrogen and oxygen atoms in total. The van der Waals surface area contributed by atoms with Gasteiger partial charge in [0.2, 0.25) is 0 Å². The van der Waals surface area contributed by atoms with Gasteiger partial charge < -0.3 is 4.42 Å². The van der Waals surface area contributed by atoms with E-state index in [-0.39, 0.29) is 0 Å². The van der Waals surface area contributed by atoms with Gasteiger partial charge in [-0.25, -0.2) is 0 Å². The van der Waals surface area contributed by atoms with E-state index in [0.29, 0.717) is 0 Å². The van der Waals surface area contributed by atoms with Crippen LogP contribution in [0.5, 0.6) is 0 Å². The number of fused-ring (bicyclic) bond motifs is 4. The molecule has 0 unspecified atom stereocenters. The lowest BCUT2D eigenvalue weighted by molar-refractivity contribution is 0.589. The van der Waals surface area contributed by atoms with Crippen molar-refractivity contribution in [3.63, 3.8) is 0 Å². The number of para-hydroxylation sites is 1. The Balaban J connectivity index is 1.87. The molecule has 3 aromatic carbocycles. The third-order valence-corrected chi connectivity index (χ3v) is 5.20. The molecule has 4 aromatic rings. The normalized spacial score (nSPS) is 12.4. The molecule has 0 fully saturated rings. The molecule has 1 aliphatic carbocycles. The molecule has 0 radical (unpaired) electrons. The molecule has 0 spiro atoms. The standard InChI is InChI=1S/C21H13BrO/c22-21-20(16-9-3-4-11-18(16)23-21)17-10-5-7-14-12-13-6-1-2-8-15(13)19(14)17/h1-11H,12H2. The predicted molar refractivity (Wildman–Crippen MR) is 97.6 cm³/mol. The van der Waals surface area contributed by atoms with Crippen LogP contribution in [0.1, 0.15) is 11.1 Å². The van der Waals surface area contributed by atoms with Crippen LogP contribution in [0.25, 0.3) is 33.2 Å². The lowest BCUT2D eigenvalue weighted by Gasteiger charge is -2.09. The van der Waals surface area contributed by atoms with Crippen molar-refractivity contribution < 1.29 is 4.42 Å². The van der Waals surface area contributed by atoms with Crippen molar-refractivity contribution in [1.29, 1.82) is 0 Å². The highest BCUT2D eigenvalue weighted by Gasteiger charge is 2.24. The first-order valence-corrected chi connectivity index (χ1v) is 8.50. The Morgan fingerprint density at radius 3 is 2.39 bits per heavy atom. The van der Waals surface area contributed by atoms with Gasteiger partial charge in [0.1, 0.15) is 5.58 Å². The van der Waals surface area contributed by atoms with E-state index in [1.807, 2.05) is 12.1 Å². The molecule has 23 heavy (non-hydrogen) atoms. The minimum atomic E-state index is 0.802. The number of halogens is 1. The van der Waals surface area contributed by atoms with Gasteiger partial charge in [0.15, 0.2) is 4.67 Å². The average Bonchev–Trinajstić information content (AvgIpc) is 3.11. The minimum Gasteiger partial charge on any atom is -0.449 e. The van der Waals surface area contributed by atoms with Gasteiger partial charge in [-0.05, 0) is 56.2 Å². The van der Waals surface area contributed by atoms with Crippen LogP contribution in [-0.4, -0.2) is 0 Å². The van der Waals surface area contributed by atoms with Gasteiger partial charge in [0, 0.05) is 10.9 Å². The van der Waals surface area contributed by atoms with Gasteiger partial charge in [0.05, 0.1) is 0 Å². The summed E-state index contributed by atoms with van der Waals surface area (Å²) in [5, 5.41) is 1.15. The molecule has 0 saturated heterocycles. The molecule has 2 heteroatoms. The second kappa shape index (κ2) is 4.84. The van der Waals surface area contributed by atoms with Crippen molar-refractivity contribution >= 4 is 26.9 Å². The van der Waals surface area contributed by atoms with E-state index in [4.69, 9.17) is 4.42 Å². The average molecular weight is 361 g/mol. The van der Waals surface area contributed by atoms with Crippen molar-refractivity contribution in [1.82, 2.24) is 0 Å². The summed E-state index contributed by atoms with van der Waals surface area (Å²) in [6.07, 6.45) is 1.01. The Hall–Kier alpha value is -2.32. The number of hydrogen-bond donors (Lipinski definition) is 0. The Kier molecular flexibility index (Phi) is 2.77. The fourth-order valence-corrected chi connectivity index (χ4v) is 4.27. The van der Waals surface area contributed by atoms with Crippen LogP contribution in [0.2, 0.25) is 0 Å². The quantitative estimate of drug-likeness (QED) is 0.335. The summed E-state index contributed by atoms with van der Waals surface area (Å²) in [6.45, 7) is 0. The zero-order chi connectivity index (χ0) is 15.4. The van der Waals surface area contributed by atoms with Crippen molar-refractivity contribution in [2.75, 3.05) is 0 Å². The number of benzene rings is 3. The molecule has 0 amide bonds. The van der Waals surface area contributed by atoms with Crippen molar-refractivity contribution in [2.45, 2.75) is 6.42 Å². The van der Waals surface area contributed by atoms with Crippen LogP contribution in [-0.2, 0) is 6.42 Å². The number of furan rings is 1. The van der Waals surface area contributed by atoms with Crippen molar-refractivity contribution in [2.24, 2.45) is 0 Å². The van der Waals surface area contributed by atoms with Gasteiger partial charge in [-0.15, -0.1) is 0 Å². The summed E-state index contributed by atoms with van der Waals surface area (Å²) < 4.78 is 6.72. The third kappa shape index (κ3) is 1.85. The van der Waals surface area contributed by atoms with E-state index in [9.17, 15) is 0 Å². The van der Waals surface area contributed by atoms with Crippen LogP contribution in [0.4, 0.5) is 0 Å². The molecule has 1 aliphatic rings. The molecule has 0 atom stereocenters. The smallest absolute Gasteiger partial charge is 0.178 e. The fraction of sp³-hybridized carbons (Fsp3) is 0.0476. The topological polar surface area (TPSA) is 13.1 Å². The lowest BCUT2D eigenvalue weighted by Crippen LogP contribution is -1.85. The van der Waals surface area contributed by atoms with Gasteiger partial charge in [-0.1, -0.05) is 60.7 Å². The highest BCUT2D eigenvalue weighted by atomic mass is 79.9. The monoisotopic (exact) mass is 360 g/mol. The highest BCUT2D eigenvalue weighted by molar-refractivity contribution is 9.10. The first kappa shape index (κ1) is 13.1. The maximum atomic E-state index is 5.92. The molecule has 0 bridgehead atoms. The van der Waals surface area contributed by atoms with E-state index in [1.165, 1.54) is 27.8 Å². The zero-order valence-electron chi connectivity index (χ0n) is 12.3. The minimum absolute atomic E-state index is 0.802. The van der Waals surface area contributed by atoms with Crippen molar-refractivity contribution in [3.8, 4) is 22.3 Å². The zero-order valence-corrected chi connectivity index (χ0v) is 13.9. The molecule has 0 aliphatic heterocycles. The fourth-order valence-electron chi connectivity index (χ4n) is 3.66. The maximum absolute atomic E-state index is 5.92. The van der Waals surface area contributed by atoms with E-state index >= 15 is 0 Å². The summed E-state index contributed by atoms with van der Waals surface area (Å²) in [5.74, 6) is 0. The molecule has 0 N–H and O–H groups in total. The Morgan fingerprint density at radius 1 is 0.696 bits per heavy atom. The lowest BCUT2D eigenvalue weighted by atomic mass is 9.94. The summed E-state index contributed by atoms with van der Waals surface area (Å²) >= 11 is 3.63.